The second kappa shape index (κ2) is 7.36. The summed E-state index contributed by atoms with van der Waals surface area (Å²) in [7, 11) is 1.99. The summed E-state index contributed by atoms with van der Waals surface area (Å²) < 4.78 is 1.16. The monoisotopic (exact) mass is 301 g/mol. The molecule has 1 aromatic carbocycles. The second-order valence-corrected chi connectivity index (χ2v) is 6.08. The van der Waals surface area contributed by atoms with Crippen LogP contribution in [0.25, 0.3) is 0 Å². The molecule has 0 radical (unpaired) electrons. The maximum Gasteiger partial charge on any atom is 0.0214 e. The van der Waals surface area contributed by atoms with Crippen LogP contribution < -0.4 is 5.32 Å². The van der Waals surface area contributed by atoms with Crippen molar-refractivity contribution in [3.8, 4) is 0 Å². The topological polar surface area (TPSA) is 12.0 Å². The molecule has 1 nitrogen and oxygen atoms in total. The zero-order chi connectivity index (χ0) is 12.0. The second-order valence-electron chi connectivity index (χ2n) is 4.11. The zero-order valence-corrected chi connectivity index (χ0v) is 12.6. The average Bonchev–Trinajstić information content (AvgIpc) is 2.28. The Morgan fingerprint density at radius 3 is 2.81 bits per heavy atom. The fourth-order valence-corrected chi connectivity index (χ4v) is 2.96. The molecule has 0 amide bonds. The Bertz CT molecular complexity index is 328. The van der Waals surface area contributed by atoms with Crippen molar-refractivity contribution in [2.75, 3.05) is 12.8 Å². The third-order valence-corrected chi connectivity index (χ3v) is 4.55. The summed E-state index contributed by atoms with van der Waals surface area (Å²) in [5.41, 5.74) is 1.38. The lowest BCUT2D eigenvalue weighted by molar-refractivity contribution is 0.636. The Hall–Kier alpha value is 0.01000. The molecule has 0 aliphatic carbocycles. The molecule has 16 heavy (non-hydrogen) atoms. The number of hydrogen-bond acceptors (Lipinski definition) is 2. The molecule has 1 rings (SSSR count). The first kappa shape index (κ1) is 14.1. The van der Waals surface area contributed by atoms with Crippen molar-refractivity contribution in [3.05, 3.63) is 28.2 Å². The van der Waals surface area contributed by atoms with Crippen molar-refractivity contribution in [1.29, 1.82) is 0 Å². The van der Waals surface area contributed by atoms with Gasteiger partial charge in [-0.15, -0.1) is 11.8 Å². The highest BCUT2D eigenvalue weighted by molar-refractivity contribution is 9.10. The molecule has 0 aliphatic heterocycles. The van der Waals surface area contributed by atoms with E-state index in [4.69, 9.17) is 0 Å². The van der Waals surface area contributed by atoms with E-state index in [9.17, 15) is 0 Å². The fraction of sp³-hybridized carbons (Fsp3) is 0.538. The van der Waals surface area contributed by atoms with Gasteiger partial charge in [-0.05, 0) is 36.7 Å². The Labute approximate surface area is 112 Å². The van der Waals surface area contributed by atoms with Crippen LogP contribution in [0.15, 0.2) is 27.6 Å². The summed E-state index contributed by atoms with van der Waals surface area (Å²) in [5, 5.41) is 3.22. The van der Waals surface area contributed by atoms with E-state index in [1.807, 2.05) is 18.8 Å². The first-order valence-electron chi connectivity index (χ1n) is 5.73. The molecule has 90 valence electrons. The van der Waals surface area contributed by atoms with E-state index < -0.39 is 0 Å². The summed E-state index contributed by atoms with van der Waals surface area (Å²) in [6, 6.07) is 6.54. The smallest absolute Gasteiger partial charge is 0.0214 e. The van der Waals surface area contributed by atoms with E-state index in [0.29, 0.717) is 0 Å². The average molecular weight is 302 g/mol. The third-order valence-electron chi connectivity index (χ3n) is 2.61. The number of nitrogens with one attached hydrogen (secondary N) is 1. The quantitative estimate of drug-likeness (QED) is 0.786. The van der Waals surface area contributed by atoms with Gasteiger partial charge in [0.2, 0.25) is 0 Å². The largest absolute Gasteiger partial charge is 0.316 e. The van der Waals surface area contributed by atoms with Crippen LogP contribution in [0.3, 0.4) is 0 Å². The minimum Gasteiger partial charge on any atom is -0.316 e. The van der Waals surface area contributed by atoms with E-state index in [2.05, 4.69) is 53.3 Å². The molecule has 1 unspecified atom stereocenters. The van der Waals surface area contributed by atoms with E-state index in [0.717, 1.165) is 16.9 Å². The van der Waals surface area contributed by atoms with Gasteiger partial charge in [-0.2, -0.15) is 0 Å². The van der Waals surface area contributed by atoms with Crippen LogP contribution in [-0.4, -0.2) is 12.8 Å². The predicted molar refractivity (Wildman–Crippen MR) is 77.1 cm³/mol. The minimum absolute atomic E-state index is 0.788. The molecule has 1 N–H and O–H groups in total. The highest BCUT2D eigenvalue weighted by Gasteiger charge is 2.05. The molecule has 3 heteroatoms. The molecule has 0 aliphatic rings. The predicted octanol–water partition coefficient (Wildman–Crippen LogP) is 4.31. The van der Waals surface area contributed by atoms with Gasteiger partial charge in [0.05, 0.1) is 0 Å². The molecule has 0 heterocycles. The van der Waals surface area contributed by atoms with Crippen molar-refractivity contribution in [3.63, 3.8) is 0 Å². The lowest BCUT2D eigenvalue weighted by Gasteiger charge is -2.12. The van der Waals surface area contributed by atoms with Crippen molar-refractivity contribution in [1.82, 2.24) is 5.32 Å². The van der Waals surface area contributed by atoms with Gasteiger partial charge in [0.15, 0.2) is 0 Å². The van der Waals surface area contributed by atoms with Crippen molar-refractivity contribution in [2.24, 2.45) is 5.92 Å². The highest BCUT2D eigenvalue weighted by atomic mass is 79.9. The lowest BCUT2D eigenvalue weighted by atomic mass is 10.2. The number of hydrogen-bond donors (Lipinski definition) is 1. The molecular weight excluding hydrogens is 282 g/mol. The summed E-state index contributed by atoms with van der Waals surface area (Å²) in [6.45, 7) is 5.49. The van der Waals surface area contributed by atoms with E-state index in [1.54, 1.807) is 0 Å². The van der Waals surface area contributed by atoms with Gasteiger partial charge in [-0.1, -0.05) is 36.2 Å². The highest BCUT2D eigenvalue weighted by Crippen LogP contribution is 2.28. The number of thioether (sulfide) groups is 1. The third kappa shape index (κ3) is 4.48. The number of halogens is 1. The Kier molecular flexibility index (Phi) is 6.47. The molecule has 0 saturated carbocycles. The summed E-state index contributed by atoms with van der Waals surface area (Å²) in [6.07, 6.45) is 1.25. The summed E-state index contributed by atoms with van der Waals surface area (Å²) in [5.74, 6) is 1.99. The van der Waals surface area contributed by atoms with Gasteiger partial charge in [-0.25, -0.2) is 0 Å². The van der Waals surface area contributed by atoms with Crippen LogP contribution in [-0.2, 0) is 6.54 Å². The molecule has 0 saturated heterocycles. The van der Waals surface area contributed by atoms with Crippen molar-refractivity contribution in [2.45, 2.75) is 31.7 Å². The number of benzene rings is 1. The van der Waals surface area contributed by atoms with Gasteiger partial charge in [0.1, 0.15) is 0 Å². The van der Waals surface area contributed by atoms with E-state index in [-0.39, 0.29) is 0 Å². The van der Waals surface area contributed by atoms with Crippen LogP contribution >= 0.6 is 27.7 Å². The molecule has 0 spiro atoms. The van der Waals surface area contributed by atoms with Gasteiger partial charge in [0.25, 0.3) is 0 Å². The van der Waals surface area contributed by atoms with Crippen molar-refractivity contribution >= 4 is 27.7 Å². The van der Waals surface area contributed by atoms with Crippen LogP contribution in [0.1, 0.15) is 25.8 Å². The Balaban J connectivity index is 2.70. The normalized spacial score (nSPS) is 12.8. The first-order chi connectivity index (χ1) is 7.67. The summed E-state index contributed by atoms with van der Waals surface area (Å²) >= 11 is 5.49. The van der Waals surface area contributed by atoms with Gasteiger partial charge in [-0.3, -0.25) is 0 Å². The van der Waals surface area contributed by atoms with Crippen LogP contribution in [0, 0.1) is 5.92 Å². The SMILES string of the molecule is CCC(C)CSc1ccc(Br)cc1CNC. The Morgan fingerprint density at radius 2 is 2.19 bits per heavy atom. The van der Waals surface area contributed by atoms with Gasteiger partial charge < -0.3 is 5.32 Å². The standard InChI is InChI=1S/C13H20BrNS/c1-4-10(2)9-16-13-6-5-12(14)7-11(13)8-15-3/h5-7,10,15H,4,8-9H2,1-3H3. The minimum atomic E-state index is 0.788. The van der Waals surface area contributed by atoms with Crippen LogP contribution in [0.5, 0.6) is 0 Å². The van der Waals surface area contributed by atoms with E-state index in [1.165, 1.54) is 22.6 Å². The summed E-state index contributed by atoms with van der Waals surface area (Å²) in [4.78, 5) is 1.40. The number of rotatable bonds is 6. The maximum atomic E-state index is 3.52. The van der Waals surface area contributed by atoms with Crippen molar-refractivity contribution < 1.29 is 0 Å². The molecule has 0 bridgehead atoms. The fourth-order valence-electron chi connectivity index (χ4n) is 1.37. The van der Waals surface area contributed by atoms with Crippen LogP contribution in [0.4, 0.5) is 0 Å². The van der Waals surface area contributed by atoms with Gasteiger partial charge in [0, 0.05) is 21.7 Å². The van der Waals surface area contributed by atoms with E-state index >= 15 is 0 Å². The molecular formula is C13H20BrNS. The van der Waals surface area contributed by atoms with Crippen LogP contribution in [0.2, 0.25) is 0 Å². The maximum absolute atomic E-state index is 3.52. The lowest BCUT2D eigenvalue weighted by Crippen LogP contribution is -2.06. The zero-order valence-electron chi connectivity index (χ0n) is 10.2. The molecule has 1 atom stereocenters. The molecule has 0 fully saturated rings. The van der Waals surface area contributed by atoms with Gasteiger partial charge >= 0.3 is 0 Å². The molecule has 1 aromatic rings. The first-order valence-corrected chi connectivity index (χ1v) is 7.51. The Morgan fingerprint density at radius 1 is 1.44 bits per heavy atom. The molecule has 0 aromatic heterocycles.